The van der Waals surface area contributed by atoms with Crippen molar-refractivity contribution in [2.75, 3.05) is 0 Å². The second-order valence-corrected chi connectivity index (χ2v) is 7.00. The highest BCUT2D eigenvalue weighted by atomic mass is 16.2. The van der Waals surface area contributed by atoms with Gasteiger partial charge in [0, 0.05) is 12.6 Å². The second kappa shape index (κ2) is 8.71. The molecule has 0 aliphatic heterocycles. The first-order valence-electron chi connectivity index (χ1n) is 9.61. The van der Waals surface area contributed by atoms with Crippen LogP contribution in [-0.2, 0) is 24.3 Å². The van der Waals surface area contributed by atoms with E-state index in [4.69, 9.17) is 0 Å². The molecular weight excluding hydrogens is 338 g/mol. The number of benzene rings is 2. The van der Waals surface area contributed by atoms with E-state index in [1.165, 1.54) is 5.56 Å². The van der Waals surface area contributed by atoms with Gasteiger partial charge in [-0.05, 0) is 43.9 Å². The van der Waals surface area contributed by atoms with Crippen LogP contribution in [0.4, 0.5) is 0 Å². The number of carbonyl (C=O) groups is 1. The van der Waals surface area contributed by atoms with E-state index >= 15 is 0 Å². The van der Waals surface area contributed by atoms with E-state index in [1.807, 2.05) is 56.3 Å². The summed E-state index contributed by atoms with van der Waals surface area (Å²) in [6, 6.07) is 17.9. The van der Waals surface area contributed by atoms with Crippen LogP contribution in [0.3, 0.4) is 0 Å². The van der Waals surface area contributed by atoms with Gasteiger partial charge in [0.1, 0.15) is 6.54 Å². The number of carbonyl (C=O) groups excluding carboxylic acids is 1. The highest BCUT2D eigenvalue weighted by molar-refractivity contribution is 5.81. The monoisotopic (exact) mass is 365 g/mol. The Bertz CT molecular complexity index is 957. The van der Waals surface area contributed by atoms with E-state index in [-0.39, 0.29) is 24.2 Å². The molecule has 1 aromatic heterocycles. The summed E-state index contributed by atoms with van der Waals surface area (Å²) in [5.41, 5.74) is 2.83. The first kappa shape index (κ1) is 19.0. The number of hydrogen-bond acceptors (Lipinski definition) is 2. The van der Waals surface area contributed by atoms with Crippen molar-refractivity contribution in [3.8, 4) is 0 Å². The Hall–Kier alpha value is -2.82. The van der Waals surface area contributed by atoms with Gasteiger partial charge < -0.3 is 5.32 Å². The zero-order chi connectivity index (χ0) is 19.2. The van der Waals surface area contributed by atoms with Gasteiger partial charge in [-0.2, -0.15) is 0 Å². The number of imidazole rings is 1. The summed E-state index contributed by atoms with van der Waals surface area (Å²) in [5, 5.41) is 3.02. The molecule has 142 valence electrons. The molecular formula is C22H27N3O2. The number of nitrogens with one attached hydrogen (secondary N) is 1. The van der Waals surface area contributed by atoms with Crippen molar-refractivity contribution in [1.82, 2.24) is 14.5 Å². The molecule has 0 saturated heterocycles. The fourth-order valence-corrected chi connectivity index (χ4v) is 3.43. The third-order valence-corrected chi connectivity index (χ3v) is 4.79. The Morgan fingerprint density at radius 3 is 2.30 bits per heavy atom. The van der Waals surface area contributed by atoms with Gasteiger partial charge in [0.25, 0.3) is 0 Å². The molecule has 1 heterocycles. The normalized spacial score (nSPS) is 12.2. The first-order chi connectivity index (χ1) is 13.1. The van der Waals surface area contributed by atoms with Crippen LogP contribution in [0.25, 0.3) is 11.0 Å². The number of aryl methyl sites for hydroxylation is 2. The van der Waals surface area contributed by atoms with Crippen LogP contribution in [0, 0.1) is 0 Å². The maximum Gasteiger partial charge on any atom is 0.329 e. The fourth-order valence-electron chi connectivity index (χ4n) is 3.43. The van der Waals surface area contributed by atoms with E-state index in [1.54, 1.807) is 9.13 Å². The minimum atomic E-state index is -0.128. The van der Waals surface area contributed by atoms with Crippen LogP contribution < -0.4 is 11.0 Å². The SMILES string of the molecule is CCCn1c(=O)n(CC(=O)NC(C)CCc2ccccc2)c2ccccc21. The molecule has 1 atom stereocenters. The quantitative estimate of drug-likeness (QED) is 0.665. The Labute approximate surface area is 159 Å². The van der Waals surface area contributed by atoms with Gasteiger partial charge in [0.05, 0.1) is 11.0 Å². The molecule has 0 bridgehead atoms. The molecule has 5 heteroatoms. The van der Waals surface area contributed by atoms with Crippen LogP contribution in [0.15, 0.2) is 59.4 Å². The molecule has 3 aromatic rings. The molecule has 27 heavy (non-hydrogen) atoms. The molecule has 1 unspecified atom stereocenters. The predicted molar refractivity (Wildman–Crippen MR) is 109 cm³/mol. The van der Waals surface area contributed by atoms with Crippen molar-refractivity contribution in [1.29, 1.82) is 0 Å². The average Bonchev–Trinajstić information content (AvgIpc) is 2.93. The highest BCUT2D eigenvalue weighted by Crippen LogP contribution is 2.13. The highest BCUT2D eigenvalue weighted by Gasteiger charge is 2.16. The van der Waals surface area contributed by atoms with E-state index in [0.29, 0.717) is 6.54 Å². The number of fused-ring (bicyclic) bond motifs is 1. The summed E-state index contributed by atoms with van der Waals surface area (Å²) in [4.78, 5) is 25.3. The molecule has 0 aliphatic rings. The lowest BCUT2D eigenvalue weighted by Crippen LogP contribution is -2.38. The largest absolute Gasteiger partial charge is 0.352 e. The van der Waals surface area contributed by atoms with E-state index in [2.05, 4.69) is 17.4 Å². The zero-order valence-electron chi connectivity index (χ0n) is 16.0. The second-order valence-electron chi connectivity index (χ2n) is 7.00. The van der Waals surface area contributed by atoms with Gasteiger partial charge in [-0.1, -0.05) is 49.4 Å². The summed E-state index contributed by atoms with van der Waals surface area (Å²) < 4.78 is 3.33. The van der Waals surface area contributed by atoms with Crippen LogP contribution in [0.2, 0.25) is 0 Å². The van der Waals surface area contributed by atoms with Gasteiger partial charge in [-0.25, -0.2) is 4.79 Å². The first-order valence-corrected chi connectivity index (χ1v) is 9.61. The Kier molecular flexibility index (Phi) is 6.12. The molecule has 0 radical (unpaired) electrons. The fraction of sp³-hybridized carbons (Fsp3) is 0.364. The lowest BCUT2D eigenvalue weighted by molar-refractivity contribution is -0.122. The maximum absolute atomic E-state index is 12.8. The van der Waals surface area contributed by atoms with E-state index in [9.17, 15) is 9.59 Å². The Morgan fingerprint density at radius 2 is 1.63 bits per heavy atom. The summed E-state index contributed by atoms with van der Waals surface area (Å²) in [5.74, 6) is -0.128. The number of hydrogen-bond donors (Lipinski definition) is 1. The number of amides is 1. The van der Waals surface area contributed by atoms with E-state index < -0.39 is 0 Å². The van der Waals surface area contributed by atoms with Crippen molar-refractivity contribution in [3.63, 3.8) is 0 Å². The lowest BCUT2D eigenvalue weighted by Gasteiger charge is -2.14. The average molecular weight is 365 g/mol. The van der Waals surface area contributed by atoms with Gasteiger partial charge in [-0.15, -0.1) is 0 Å². The van der Waals surface area contributed by atoms with Crippen LogP contribution in [-0.4, -0.2) is 21.1 Å². The molecule has 0 saturated carbocycles. The summed E-state index contributed by atoms with van der Waals surface area (Å²) in [6.07, 6.45) is 2.65. The molecule has 1 amide bonds. The molecule has 5 nitrogen and oxygen atoms in total. The topological polar surface area (TPSA) is 56.0 Å². The Morgan fingerprint density at radius 1 is 1.00 bits per heavy atom. The summed E-state index contributed by atoms with van der Waals surface area (Å²) >= 11 is 0. The zero-order valence-corrected chi connectivity index (χ0v) is 16.0. The molecule has 3 rings (SSSR count). The van der Waals surface area contributed by atoms with Crippen LogP contribution in [0.1, 0.15) is 32.3 Å². The smallest absolute Gasteiger partial charge is 0.329 e. The third kappa shape index (κ3) is 4.48. The number of para-hydroxylation sites is 2. The van der Waals surface area contributed by atoms with Crippen molar-refractivity contribution < 1.29 is 4.79 Å². The molecule has 0 fully saturated rings. The molecule has 0 aliphatic carbocycles. The molecule has 2 aromatic carbocycles. The predicted octanol–water partition coefficient (Wildman–Crippen LogP) is 3.35. The van der Waals surface area contributed by atoms with Gasteiger partial charge >= 0.3 is 5.69 Å². The Balaban J connectivity index is 1.67. The van der Waals surface area contributed by atoms with Crippen LogP contribution >= 0.6 is 0 Å². The summed E-state index contributed by atoms with van der Waals surface area (Å²) in [7, 11) is 0. The minimum Gasteiger partial charge on any atom is -0.352 e. The van der Waals surface area contributed by atoms with Gasteiger partial charge in [-0.3, -0.25) is 13.9 Å². The molecule has 1 N–H and O–H groups in total. The van der Waals surface area contributed by atoms with Crippen molar-refractivity contribution >= 4 is 16.9 Å². The van der Waals surface area contributed by atoms with E-state index in [0.717, 1.165) is 30.3 Å². The lowest BCUT2D eigenvalue weighted by atomic mass is 10.1. The van der Waals surface area contributed by atoms with Crippen molar-refractivity contribution in [2.24, 2.45) is 0 Å². The van der Waals surface area contributed by atoms with Gasteiger partial charge in [0.15, 0.2) is 0 Å². The summed E-state index contributed by atoms with van der Waals surface area (Å²) in [6.45, 7) is 4.75. The third-order valence-electron chi connectivity index (χ3n) is 4.79. The van der Waals surface area contributed by atoms with Crippen LogP contribution in [0.5, 0.6) is 0 Å². The van der Waals surface area contributed by atoms with Crippen molar-refractivity contribution in [2.45, 2.75) is 52.2 Å². The number of aromatic nitrogens is 2. The number of nitrogens with zero attached hydrogens (tertiary/aromatic N) is 2. The number of rotatable bonds is 8. The minimum absolute atomic E-state index is 0.0474. The maximum atomic E-state index is 12.8. The molecule has 0 spiro atoms. The van der Waals surface area contributed by atoms with Crippen molar-refractivity contribution in [3.05, 3.63) is 70.6 Å². The standard InChI is InChI=1S/C22H27N3O2/c1-3-15-24-19-11-7-8-12-20(19)25(22(24)27)16-21(26)23-17(2)13-14-18-9-5-4-6-10-18/h4-12,17H,3,13-16H2,1-2H3,(H,23,26). The van der Waals surface area contributed by atoms with Gasteiger partial charge in [0.2, 0.25) is 5.91 Å².